The van der Waals surface area contributed by atoms with E-state index in [2.05, 4.69) is 24.4 Å². The molecule has 0 aliphatic rings. The van der Waals surface area contributed by atoms with Crippen LogP contribution in [0.15, 0.2) is 42.5 Å². The highest BCUT2D eigenvalue weighted by molar-refractivity contribution is 5.28. The molecular weight excluding hydrogens is 281 g/mol. The second kappa shape index (κ2) is 7.92. The topological polar surface area (TPSA) is 41.5 Å². The van der Waals surface area contributed by atoms with Crippen LogP contribution in [0.5, 0.6) is 5.75 Å². The lowest BCUT2D eigenvalue weighted by atomic mass is 10.1. The predicted molar refractivity (Wildman–Crippen MR) is 85.3 cm³/mol. The normalized spacial score (nSPS) is 12.2. The van der Waals surface area contributed by atoms with Gasteiger partial charge in [0.1, 0.15) is 11.6 Å². The Bertz CT molecular complexity index is 599. The van der Waals surface area contributed by atoms with Crippen LogP contribution in [0.1, 0.15) is 23.6 Å². The first-order chi connectivity index (χ1) is 10.6. The summed E-state index contributed by atoms with van der Waals surface area (Å²) in [4.78, 5) is 0. The molecule has 0 amide bonds. The van der Waals surface area contributed by atoms with Crippen LogP contribution in [0.25, 0.3) is 0 Å². The maximum atomic E-state index is 13.3. The van der Waals surface area contributed by atoms with Crippen molar-refractivity contribution in [2.45, 2.75) is 32.5 Å². The molecule has 0 radical (unpaired) electrons. The number of hydrogen-bond donors (Lipinski definition) is 2. The maximum absolute atomic E-state index is 13.3. The SMILES string of the molecule is COc1ccc(CC(C)NCc2ccc(F)c(CO)c2)cc1. The largest absolute Gasteiger partial charge is 0.497 e. The molecule has 2 aromatic rings. The van der Waals surface area contributed by atoms with Gasteiger partial charge in [-0.05, 0) is 48.7 Å². The van der Waals surface area contributed by atoms with Crippen LogP contribution >= 0.6 is 0 Å². The summed E-state index contributed by atoms with van der Waals surface area (Å²) in [5, 5.41) is 12.5. The quantitative estimate of drug-likeness (QED) is 0.826. The Kier molecular flexibility index (Phi) is 5.92. The molecule has 0 saturated heterocycles. The third-order valence-electron chi connectivity index (χ3n) is 3.64. The van der Waals surface area contributed by atoms with Crippen molar-refractivity contribution in [1.29, 1.82) is 0 Å². The zero-order valence-electron chi connectivity index (χ0n) is 13.0. The lowest BCUT2D eigenvalue weighted by Crippen LogP contribution is -2.27. The van der Waals surface area contributed by atoms with Crippen LogP contribution in [0.4, 0.5) is 4.39 Å². The fraction of sp³-hybridized carbons (Fsp3) is 0.333. The molecular formula is C18H22FNO2. The smallest absolute Gasteiger partial charge is 0.128 e. The van der Waals surface area contributed by atoms with Crippen molar-refractivity contribution in [2.75, 3.05) is 7.11 Å². The molecule has 0 aromatic heterocycles. The van der Waals surface area contributed by atoms with E-state index in [1.54, 1.807) is 19.2 Å². The van der Waals surface area contributed by atoms with Crippen LogP contribution in [0.2, 0.25) is 0 Å². The molecule has 1 unspecified atom stereocenters. The van der Waals surface area contributed by atoms with E-state index in [1.165, 1.54) is 11.6 Å². The molecule has 2 N–H and O–H groups in total. The van der Waals surface area contributed by atoms with Crippen LogP contribution in [-0.2, 0) is 19.6 Å². The summed E-state index contributed by atoms with van der Waals surface area (Å²) in [6, 6.07) is 13.1. The highest BCUT2D eigenvalue weighted by Crippen LogP contribution is 2.14. The van der Waals surface area contributed by atoms with E-state index in [1.807, 2.05) is 12.1 Å². The summed E-state index contributed by atoms with van der Waals surface area (Å²) < 4.78 is 18.5. The highest BCUT2D eigenvalue weighted by Gasteiger charge is 2.06. The average Bonchev–Trinajstić information content (AvgIpc) is 2.55. The third-order valence-corrected chi connectivity index (χ3v) is 3.64. The van der Waals surface area contributed by atoms with E-state index >= 15 is 0 Å². The number of halogens is 1. The number of ether oxygens (including phenoxy) is 1. The van der Waals surface area contributed by atoms with Gasteiger partial charge in [0, 0.05) is 18.2 Å². The molecule has 0 aliphatic carbocycles. The second-order valence-corrected chi connectivity index (χ2v) is 5.42. The minimum atomic E-state index is -0.363. The van der Waals surface area contributed by atoms with Crippen LogP contribution < -0.4 is 10.1 Å². The van der Waals surface area contributed by atoms with Crippen LogP contribution in [0.3, 0.4) is 0 Å². The molecule has 2 rings (SSSR count). The molecule has 0 bridgehead atoms. The molecule has 0 heterocycles. The molecule has 0 aliphatic heterocycles. The summed E-state index contributed by atoms with van der Waals surface area (Å²) in [6.45, 7) is 2.48. The van der Waals surface area contributed by atoms with Crippen molar-refractivity contribution in [1.82, 2.24) is 5.32 Å². The molecule has 1 atom stereocenters. The van der Waals surface area contributed by atoms with Gasteiger partial charge in [0.15, 0.2) is 0 Å². The van der Waals surface area contributed by atoms with Gasteiger partial charge in [-0.2, -0.15) is 0 Å². The lowest BCUT2D eigenvalue weighted by molar-refractivity contribution is 0.275. The summed E-state index contributed by atoms with van der Waals surface area (Å²) in [5.41, 5.74) is 2.53. The van der Waals surface area contributed by atoms with E-state index in [4.69, 9.17) is 9.84 Å². The number of nitrogens with one attached hydrogen (secondary N) is 1. The van der Waals surface area contributed by atoms with E-state index < -0.39 is 0 Å². The highest BCUT2D eigenvalue weighted by atomic mass is 19.1. The Hall–Kier alpha value is -1.91. The molecule has 3 nitrogen and oxygen atoms in total. The van der Waals surface area contributed by atoms with Gasteiger partial charge < -0.3 is 15.2 Å². The van der Waals surface area contributed by atoms with E-state index in [-0.39, 0.29) is 18.5 Å². The second-order valence-electron chi connectivity index (χ2n) is 5.42. The van der Waals surface area contributed by atoms with Gasteiger partial charge in [-0.25, -0.2) is 4.39 Å². The predicted octanol–water partition coefficient (Wildman–Crippen LogP) is 3.05. The van der Waals surface area contributed by atoms with Crippen LogP contribution in [0, 0.1) is 5.82 Å². The van der Waals surface area contributed by atoms with Gasteiger partial charge in [0.25, 0.3) is 0 Å². The number of benzene rings is 2. The molecule has 22 heavy (non-hydrogen) atoms. The van der Waals surface area contributed by atoms with Crippen molar-refractivity contribution in [3.8, 4) is 5.75 Å². The fourth-order valence-corrected chi connectivity index (χ4v) is 2.34. The summed E-state index contributed by atoms with van der Waals surface area (Å²) >= 11 is 0. The number of methoxy groups -OCH3 is 1. The Morgan fingerprint density at radius 3 is 2.45 bits per heavy atom. The van der Waals surface area contributed by atoms with Gasteiger partial charge in [-0.1, -0.05) is 18.2 Å². The van der Waals surface area contributed by atoms with Crippen molar-refractivity contribution in [3.63, 3.8) is 0 Å². The van der Waals surface area contributed by atoms with E-state index in [9.17, 15) is 4.39 Å². The first-order valence-corrected chi connectivity index (χ1v) is 7.37. The minimum Gasteiger partial charge on any atom is -0.497 e. The zero-order chi connectivity index (χ0) is 15.9. The first-order valence-electron chi connectivity index (χ1n) is 7.37. The monoisotopic (exact) mass is 303 g/mol. The number of aliphatic hydroxyl groups excluding tert-OH is 1. The Balaban J connectivity index is 1.87. The number of hydrogen-bond acceptors (Lipinski definition) is 3. The third kappa shape index (κ3) is 4.55. The molecule has 118 valence electrons. The van der Waals surface area contributed by atoms with Gasteiger partial charge >= 0.3 is 0 Å². The summed E-state index contributed by atoms with van der Waals surface area (Å²) in [7, 11) is 1.66. The summed E-state index contributed by atoms with van der Waals surface area (Å²) in [5.74, 6) is 0.490. The van der Waals surface area contributed by atoms with Crippen molar-refractivity contribution < 1.29 is 14.2 Å². The molecule has 0 fully saturated rings. The van der Waals surface area contributed by atoms with Crippen molar-refractivity contribution in [2.24, 2.45) is 0 Å². The van der Waals surface area contributed by atoms with Crippen molar-refractivity contribution >= 4 is 0 Å². The van der Waals surface area contributed by atoms with Gasteiger partial charge in [-0.3, -0.25) is 0 Å². The van der Waals surface area contributed by atoms with E-state index in [0.29, 0.717) is 12.1 Å². The van der Waals surface area contributed by atoms with Gasteiger partial charge in [0.2, 0.25) is 0 Å². The molecule has 4 heteroatoms. The fourth-order valence-electron chi connectivity index (χ4n) is 2.34. The average molecular weight is 303 g/mol. The lowest BCUT2D eigenvalue weighted by Gasteiger charge is -2.15. The standard InChI is InChI=1S/C18H22FNO2/c1-13(9-14-3-6-17(22-2)7-4-14)20-11-15-5-8-18(19)16(10-15)12-21/h3-8,10,13,20-21H,9,11-12H2,1-2H3. The number of aliphatic hydroxyl groups is 1. The number of rotatable bonds is 7. The Morgan fingerprint density at radius 1 is 1.14 bits per heavy atom. The van der Waals surface area contributed by atoms with Gasteiger partial charge in [-0.15, -0.1) is 0 Å². The molecule has 2 aromatic carbocycles. The summed E-state index contributed by atoms with van der Waals surface area (Å²) in [6.07, 6.45) is 0.901. The van der Waals surface area contributed by atoms with Crippen LogP contribution in [-0.4, -0.2) is 18.3 Å². The van der Waals surface area contributed by atoms with E-state index in [0.717, 1.165) is 17.7 Å². The van der Waals surface area contributed by atoms with Gasteiger partial charge in [0.05, 0.1) is 13.7 Å². The minimum absolute atomic E-state index is 0.277. The molecule has 0 saturated carbocycles. The maximum Gasteiger partial charge on any atom is 0.128 e. The first kappa shape index (κ1) is 16.5. The Labute approximate surface area is 130 Å². The Morgan fingerprint density at radius 2 is 1.82 bits per heavy atom. The zero-order valence-corrected chi connectivity index (χ0v) is 13.0. The van der Waals surface area contributed by atoms with Crippen molar-refractivity contribution in [3.05, 3.63) is 65.0 Å². The molecule has 0 spiro atoms.